The quantitative estimate of drug-likeness (QED) is 0.705. The molecular formula is C11H17F3N4O2. The van der Waals surface area contributed by atoms with Crippen molar-refractivity contribution in [2.24, 2.45) is 0 Å². The zero-order valence-corrected chi connectivity index (χ0v) is 11.2. The maximum absolute atomic E-state index is 12.2. The van der Waals surface area contributed by atoms with Crippen LogP contribution in [0, 0.1) is 0 Å². The standard InChI is InChI=1S/C11H17F3N4O2/c1-3-15-8-4-9(18-10(17-8)6-20-2)16-5-7(19)11(12,13)14/h4,7,19H,3,5-6H2,1-2H3,(H2,15,16,17,18). The number of nitrogens with one attached hydrogen (secondary N) is 2. The lowest BCUT2D eigenvalue weighted by molar-refractivity contribution is -0.198. The first-order valence-corrected chi connectivity index (χ1v) is 5.96. The number of halogens is 3. The van der Waals surface area contributed by atoms with Crippen LogP contribution in [0.25, 0.3) is 0 Å². The maximum atomic E-state index is 12.2. The fourth-order valence-electron chi connectivity index (χ4n) is 1.37. The monoisotopic (exact) mass is 294 g/mol. The van der Waals surface area contributed by atoms with Crippen molar-refractivity contribution < 1.29 is 23.0 Å². The molecule has 9 heteroatoms. The van der Waals surface area contributed by atoms with Gasteiger partial charge in [-0.3, -0.25) is 0 Å². The first-order chi connectivity index (χ1) is 9.36. The molecule has 0 aromatic carbocycles. The van der Waals surface area contributed by atoms with Gasteiger partial charge in [0, 0.05) is 19.7 Å². The number of rotatable bonds is 7. The predicted octanol–water partition coefficient (Wildman–Crippen LogP) is 1.39. The molecule has 1 unspecified atom stereocenters. The summed E-state index contributed by atoms with van der Waals surface area (Å²) in [5, 5.41) is 14.3. The van der Waals surface area contributed by atoms with Gasteiger partial charge in [0.05, 0.1) is 6.54 Å². The fraction of sp³-hybridized carbons (Fsp3) is 0.636. The summed E-state index contributed by atoms with van der Waals surface area (Å²) in [5.74, 6) is 0.986. The third-order valence-corrected chi connectivity index (χ3v) is 2.26. The third kappa shape index (κ3) is 5.17. The number of methoxy groups -OCH3 is 1. The second kappa shape index (κ2) is 7.25. The van der Waals surface area contributed by atoms with E-state index in [-0.39, 0.29) is 12.4 Å². The molecule has 3 N–H and O–H groups in total. The molecule has 1 aromatic rings. The lowest BCUT2D eigenvalue weighted by atomic mass is 10.3. The number of aliphatic hydroxyl groups is 1. The first-order valence-electron chi connectivity index (χ1n) is 5.96. The molecule has 0 bridgehead atoms. The molecule has 0 spiro atoms. The Morgan fingerprint density at radius 1 is 1.30 bits per heavy atom. The average Bonchev–Trinajstić information content (AvgIpc) is 2.35. The summed E-state index contributed by atoms with van der Waals surface area (Å²) in [4.78, 5) is 8.11. The fourth-order valence-corrected chi connectivity index (χ4v) is 1.37. The molecule has 20 heavy (non-hydrogen) atoms. The summed E-state index contributed by atoms with van der Waals surface area (Å²) in [7, 11) is 1.46. The van der Waals surface area contributed by atoms with E-state index in [1.807, 2.05) is 6.92 Å². The highest BCUT2D eigenvalue weighted by atomic mass is 19.4. The molecular weight excluding hydrogens is 277 g/mol. The smallest absolute Gasteiger partial charge is 0.382 e. The highest BCUT2D eigenvalue weighted by Crippen LogP contribution is 2.20. The Morgan fingerprint density at radius 2 is 1.90 bits per heavy atom. The summed E-state index contributed by atoms with van der Waals surface area (Å²) < 4.78 is 41.5. The number of hydrogen-bond donors (Lipinski definition) is 3. The number of anilines is 2. The molecule has 0 saturated carbocycles. The van der Waals surface area contributed by atoms with Crippen LogP contribution in [0.1, 0.15) is 12.7 Å². The number of aromatic nitrogens is 2. The van der Waals surface area contributed by atoms with Crippen LogP contribution in [-0.4, -0.2) is 47.6 Å². The van der Waals surface area contributed by atoms with Crippen molar-refractivity contribution in [3.8, 4) is 0 Å². The minimum absolute atomic E-state index is 0.135. The SMILES string of the molecule is CCNc1cc(NCC(O)C(F)(F)F)nc(COC)n1. The molecule has 0 fully saturated rings. The molecule has 6 nitrogen and oxygen atoms in total. The summed E-state index contributed by atoms with van der Waals surface area (Å²) in [6, 6.07) is 1.46. The van der Waals surface area contributed by atoms with E-state index in [1.54, 1.807) is 0 Å². The number of ether oxygens (including phenoxy) is 1. The lowest BCUT2D eigenvalue weighted by Gasteiger charge is -2.16. The van der Waals surface area contributed by atoms with Gasteiger partial charge < -0.3 is 20.5 Å². The maximum Gasteiger partial charge on any atom is 0.416 e. The van der Waals surface area contributed by atoms with Crippen LogP contribution in [-0.2, 0) is 11.3 Å². The van der Waals surface area contributed by atoms with Crippen molar-refractivity contribution >= 4 is 11.6 Å². The van der Waals surface area contributed by atoms with Crippen LogP contribution >= 0.6 is 0 Å². The number of nitrogens with zero attached hydrogens (tertiary/aromatic N) is 2. The van der Waals surface area contributed by atoms with Gasteiger partial charge in [0.2, 0.25) is 0 Å². The minimum Gasteiger partial charge on any atom is -0.382 e. The van der Waals surface area contributed by atoms with Crippen LogP contribution in [0.15, 0.2) is 6.07 Å². The van der Waals surface area contributed by atoms with E-state index >= 15 is 0 Å². The highest BCUT2D eigenvalue weighted by molar-refractivity contribution is 5.47. The summed E-state index contributed by atoms with van der Waals surface area (Å²) >= 11 is 0. The summed E-state index contributed by atoms with van der Waals surface area (Å²) in [6.07, 6.45) is -7.12. The van der Waals surface area contributed by atoms with Crippen molar-refractivity contribution in [3.05, 3.63) is 11.9 Å². The Kier molecular flexibility index (Phi) is 5.96. The molecule has 1 rings (SSSR count). The van der Waals surface area contributed by atoms with Gasteiger partial charge in [0.15, 0.2) is 11.9 Å². The second-order valence-corrected chi connectivity index (χ2v) is 3.96. The number of hydrogen-bond acceptors (Lipinski definition) is 6. The van der Waals surface area contributed by atoms with Gasteiger partial charge in [0.1, 0.15) is 18.2 Å². The Bertz CT molecular complexity index is 404. The van der Waals surface area contributed by atoms with Gasteiger partial charge in [-0.05, 0) is 6.92 Å². The van der Waals surface area contributed by atoms with Crippen molar-refractivity contribution in [1.82, 2.24) is 9.97 Å². The third-order valence-electron chi connectivity index (χ3n) is 2.26. The normalized spacial score (nSPS) is 13.1. The van der Waals surface area contributed by atoms with E-state index in [2.05, 4.69) is 20.6 Å². The zero-order valence-electron chi connectivity index (χ0n) is 11.2. The Balaban J connectivity index is 2.77. The van der Waals surface area contributed by atoms with Crippen LogP contribution in [0.2, 0.25) is 0 Å². The summed E-state index contributed by atoms with van der Waals surface area (Å²) in [6.45, 7) is 1.92. The number of aliphatic hydroxyl groups excluding tert-OH is 1. The molecule has 0 aliphatic heterocycles. The van der Waals surface area contributed by atoms with E-state index in [0.717, 1.165) is 0 Å². The van der Waals surface area contributed by atoms with Gasteiger partial charge in [-0.1, -0.05) is 0 Å². The predicted molar refractivity (Wildman–Crippen MR) is 67.5 cm³/mol. The topological polar surface area (TPSA) is 79.3 Å². The van der Waals surface area contributed by atoms with Gasteiger partial charge in [-0.15, -0.1) is 0 Å². The highest BCUT2D eigenvalue weighted by Gasteiger charge is 2.37. The van der Waals surface area contributed by atoms with Crippen molar-refractivity contribution in [3.63, 3.8) is 0 Å². The van der Waals surface area contributed by atoms with Gasteiger partial charge in [-0.25, -0.2) is 9.97 Å². The Hall–Kier alpha value is -1.61. The number of alkyl halides is 3. The van der Waals surface area contributed by atoms with E-state index < -0.39 is 18.8 Å². The molecule has 0 aliphatic rings. The van der Waals surface area contributed by atoms with Gasteiger partial charge >= 0.3 is 6.18 Å². The molecule has 1 aromatic heterocycles. The minimum atomic E-state index is -4.67. The van der Waals surface area contributed by atoms with Crippen molar-refractivity contribution in [1.29, 1.82) is 0 Å². The van der Waals surface area contributed by atoms with Crippen molar-refractivity contribution in [2.75, 3.05) is 30.8 Å². The molecule has 1 heterocycles. The van der Waals surface area contributed by atoms with Crippen LogP contribution in [0.5, 0.6) is 0 Å². The second-order valence-electron chi connectivity index (χ2n) is 3.96. The van der Waals surface area contributed by atoms with Gasteiger partial charge in [0.25, 0.3) is 0 Å². The molecule has 1 atom stereocenters. The molecule has 114 valence electrons. The van der Waals surface area contributed by atoms with E-state index in [9.17, 15) is 13.2 Å². The molecule has 0 radical (unpaired) electrons. The molecule has 0 saturated heterocycles. The van der Waals surface area contributed by atoms with Crippen LogP contribution < -0.4 is 10.6 Å². The average molecular weight is 294 g/mol. The van der Waals surface area contributed by atoms with Crippen LogP contribution in [0.4, 0.5) is 24.8 Å². The molecule has 0 amide bonds. The Labute approximate surface area is 114 Å². The lowest BCUT2D eigenvalue weighted by Crippen LogP contribution is -2.35. The van der Waals surface area contributed by atoms with E-state index in [4.69, 9.17) is 9.84 Å². The van der Waals surface area contributed by atoms with E-state index in [1.165, 1.54) is 13.2 Å². The first kappa shape index (κ1) is 16.4. The van der Waals surface area contributed by atoms with Crippen molar-refractivity contribution in [2.45, 2.75) is 25.8 Å². The zero-order chi connectivity index (χ0) is 15.2. The summed E-state index contributed by atoms with van der Waals surface area (Å²) in [5.41, 5.74) is 0. The van der Waals surface area contributed by atoms with E-state index in [0.29, 0.717) is 18.2 Å². The van der Waals surface area contributed by atoms with Gasteiger partial charge in [-0.2, -0.15) is 13.2 Å². The largest absolute Gasteiger partial charge is 0.416 e. The molecule has 0 aliphatic carbocycles. The van der Waals surface area contributed by atoms with Crippen LogP contribution in [0.3, 0.4) is 0 Å². The Morgan fingerprint density at radius 3 is 2.40 bits per heavy atom.